The first kappa shape index (κ1) is 19.2. The van der Waals surface area contributed by atoms with Crippen LogP contribution < -0.4 is 26.0 Å². The number of nitrogens with zero attached hydrogens (tertiary/aromatic N) is 3. The molecule has 2 heterocycles. The molecule has 28 heavy (non-hydrogen) atoms. The summed E-state index contributed by atoms with van der Waals surface area (Å²) in [5.41, 5.74) is -0.577. The zero-order valence-electron chi connectivity index (χ0n) is 15.8. The van der Waals surface area contributed by atoms with E-state index >= 15 is 0 Å². The molecule has 0 unspecified atom stereocenters. The van der Waals surface area contributed by atoms with Crippen LogP contribution in [0.5, 0.6) is 11.5 Å². The van der Waals surface area contributed by atoms with Gasteiger partial charge in [0.1, 0.15) is 23.4 Å². The number of carbonyl (C=O) groups excluding carboxylic acids is 1. The first-order chi connectivity index (χ1) is 13.5. The largest absolute Gasteiger partial charge is 0.497 e. The van der Waals surface area contributed by atoms with Gasteiger partial charge >= 0.3 is 5.69 Å². The average Bonchev–Trinajstić information content (AvgIpc) is 2.69. The first-order valence-electron chi connectivity index (χ1n) is 8.61. The van der Waals surface area contributed by atoms with Crippen molar-refractivity contribution in [1.82, 2.24) is 14.1 Å². The van der Waals surface area contributed by atoms with E-state index in [1.165, 1.54) is 24.9 Å². The van der Waals surface area contributed by atoms with E-state index in [2.05, 4.69) is 10.3 Å². The summed E-state index contributed by atoms with van der Waals surface area (Å²) in [6.07, 6.45) is 1.46. The summed E-state index contributed by atoms with van der Waals surface area (Å²) in [6, 6.07) is 8.32. The second-order valence-electron chi connectivity index (χ2n) is 5.95. The van der Waals surface area contributed by atoms with E-state index < -0.39 is 23.7 Å². The highest BCUT2D eigenvalue weighted by atomic mass is 16.5. The van der Waals surface area contributed by atoms with Crippen LogP contribution in [-0.4, -0.2) is 33.7 Å². The molecular weight excluding hydrogens is 364 g/mol. The maximum Gasteiger partial charge on any atom is 0.332 e. The standard InChI is InChI=1S/C19H20N4O5/c1-4-28-14-8-9-20-17-16(14)18(25)23(19(26)22(17)2)11-15(24)21-12-6-5-7-13(10-12)27-3/h5-10H,4,11H2,1-3H3,(H,21,24). The molecule has 3 aromatic rings. The first-order valence-corrected chi connectivity index (χ1v) is 8.61. The molecule has 0 aliphatic rings. The van der Waals surface area contributed by atoms with Crippen molar-refractivity contribution in [2.45, 2.75) is 13.5 Å². The lowest BCUT2D eigenvalue weighted by molar-refractivity contribution is -0.116. The van der Waals surface area contributed by atoms with E-state index in [-0.39, 0.29) is 11.0 Å². The number of benzene rings is 1. The molecule has 0 saturated heterocycles. The summed E-state index contributed by atoms with van der Waals surface area (Å²) in [5, 5.41) is 2.81. The Hall–Kier alpha value is -3.62. The summed E-state index contributed by atoms with van der Waals surface area (Å²) in [6.45, 7) is 1.69. The highest BCUT2D eigenvalue weighted by molar-refractivity contribution is 5.91. The van der Waals surface area contributed by atoms with Gasteiger partial charge in [0.25, 0.3) is 5.56 Å². The summed E-state index contributed by atoms with van der Waals surface area (Å²) < 4.78 is 12.7. The van der Waals surface area contributed by atoms with Gasteiger partial charge in [-0.1, -0.05) is 6.07 Å². The number of rotatable bonds is 6. The van der Waals surface area contributed by atoms with Crippen LogP contribution in [0.15, 0.2) is 46.1 Å². The van der Waals surface area contributed by atoms with E-state index in [0.717, 1.165) is 4.57 Å². The minimum absolute atomic E-state index is 0.153. The Balaban J connectivity index is 2.00. The van der Waals surface area contributed by atoms with Crippen molar-refractivity contribution in [1.29, 1.82) is 0 Å². The molecule has 0 saturated carbocycles. The number of aryl methyl sites for hydroxylation is 1. The molecule has 0 atom stereocenters. The number of fused-ring (bicyclic) bond motifs is 1. The minimum atomic E-state index is -0.639. The minimum Gasteiger partial charge on any atom is -0.497 e. The number of aromatic nitrogens is 3. The number of hydrogen-bond acceptors (Lipinski definition) is 6. The van der Waals surface area contributed by atoms with Crippen LogP contribution in [-0.2, 0) is 18.4 Å². The summed E-state index contributed by atoms with van der Waals surface area (Å²) in [5.74, 6) is 0.368. The van der Waals surface area contributed by atoms with Gasteiger partial charge in [0.2, 0.25) is 5.91 Å². The van der Waals surface area contributed by atoms with Crippen molar-refractivity contribution in [2.75, 3.05) is 19.0 Å². The third kappa shape index (κ3) is 3.59. The highest BCUT2D eigenvalue weighted by Gasteiger charge is 2.18. The highest BCUT2D eigenvalue weighted by Crippen LogP contribution is 2.19. The van der Waals surface area contributed by atoms with Gasteiger partial charge in [0, 0.05) is 25.0 Å². The van der Waals surface area contributed by atoms with Crippen molar-refractivity contribution < 1.29 is 14.3 Å². The SMILES string of the molecule is CCOc1ccnc2c1c(=O)n(CC(=O)Nc1cccc(OC)c1)c(=O)n2C. The molecule has 0 radical (unpaired) electrons. The number of nitrogens with one attached hydrogen (secondary N) is 1. The molecular formula is C19H20N4O5. The lowest BCUT2D eigenvalue weighted by Gasteiger charge is -2.13. The molecule has 0 fully saturated rings. The molecule has 2 aromatic heterocycles. The van der Waals surface area contributed by atoms with E-state index in [1.54, 1.807) is 37.3 Å². The fourth-order valence-corrected chi connectivity index (χ4v) is 2.84. The van der Waals surface area contributed by atoms with E-state index in [0.29, 0.717) is 23.8 Å². The second-order valence-corrected chi connectivity index (χ2v) is 5.95. The Morgan fingerprint density at radius 2 is 2.04 bits per heavy atom. The fourth-order valence-electron chi connectivity index (χ4n) is 2.84. The predicted octanol–water partition coefficient (Wildman–Crippen LogP) is 1.14. The van der Waals surface area contributed by atoms with Gasteiger partial charge in [-0.15, -0.1) is 0 Å². The lowest BCUT2D eigenvalue weighted by Crippen LogP contribution is -2.42. The molecule has 1 amide bonds. The molecule has 1 aromatic carbocycles. The average molecular weight is 384 g/mol. The smallest absolute Gasteiger partial charge is 0.332 e. The van der Waals surface area contributed by atoms with Gasteiger partial charge in [-0.05, 0) is 25.1 Å². The van der Waals surface area contributed by atoms with Crippen LogP contribution in [0.4, 0.5) is 5.69 Å². The number of amides is 1. The third-order valence-corrected chi connectivity index (χ3v) is 4.14. The predicted molar refractivity (Wildman–Crippen MR) is 104 cm³/mol. The normalized spacial score (nSPS) is 10.7. The Kier molecular flexibility index (Phi) is 5.44. The van der Waals surface area contributed by atoms with Crippen LogP contribution in [0.2, 0.25) is 0 Å². The number of anilines is 1. The Bertz CT molecular complexity index is 1150. The van der Waals surface area contributed by atoms with Crippen LogP contribution in [0.3, 0.4) is 0 Å². The fraction of sp³-hybridized carbons (Fsp3) is 0.263. The van der Waals surface area contributed by atoms with Crippen molar-refractivity contribution >= 4 is 22.6 Å². The quantitative estimate of drug-likeness (QED) is 0.683. The third-order valence-electron chi connectivity index (χ3n) is 4.14. The molecule has 9 heteroatoms. The molecule has 0 aliphatic heterocycles. The van der Waals surface area contributed by atoms with Gasteiger partial charge in [0.15, 0.2) is 5.65 Å². The van der Waals surface area contributed by atoms with Crippen molar-refractivity contribution in [3.63, 3.8) is 0 Å². The van der Waals surface area contributed by atoms with Crippen LogP contribution in [0, 0.1) is 0 Å². The van der Waals surface area contributed by atoms with Gasteiger partial charge in [-0.2, -0.15) is 0 Å². The topological polar surface area (TPSA) is 104 Å². The van der Waals surface area contributed by atoms with Crippen molar-refractivity contribution in [3.8, 4) is 11.5 Å². The molecule has 0 aliphatic carbocycles. The van der Waals surface area contributed by atoms with Crippen LogP contribution >= 0.6 is 0 Å². The molecule has 146 valence electrons. The maximum absolute atomic E-state index is 12.9. The zero-order valence-corrected chi connectivity index (χ0v) is 15.8. The molecule has 0 bridgehead atoms. The van der Waals surface area contributed by atoms with E-state index in [9.17, 15) is 14.4 Å². The Morgan fingerprint density at radius 1 is 1.25 bits per heavy atom. The molecule has 0 spiro atoms. The second kappa shape index (κ2) is 7.95. The number of methoxy groups -OCH3 is 1. The number of ether oxygens (including phenoxy) is 2. The number of carbonyl (C=O) groups is 1. The van der Waals surface area contributed by atoms with Crippen LogP contribution in [0.25, 0.3) is 11.0 Å². The van der Waals surface area contributed by atoms with E-state index in [1.807, 2.05) is 0 Å². The van der Waals surface area contributed by atoms with Crippen LogP contribution in [0.1, 0.15) is 6.92 Å². The number of pyridine rings is 1. The summed E-state index contributed by atoms with van der Waals surface area (Å²) >= 11 is 0. The van der Waals surface area contributed by atoms with Crippen molar-refractivity contribution in [2.24, 2.45) is 7.05 Å². The lowest BCUT2D eigenvalue weighted by atomic mass is 10.3. The Morgan fingerprint density at radius 3 is 2.75 bits per heavy atom. The number of hydrogen-bond donors (Lipinski definition) is 1. The van der Waals surface area contributed by atoms with Gasteiger partial charge in [-0.3, -0.25) is 14.2 Å². The van der Waals surface area contributed by atoms with Crippen molar-refractivity contribution in [3.05, 3.63) is 57.4 Å². The van der Waals surface area contributed by atoms with Gasteiger partial charge in [-0.25, -0.2) is 14.3 Å². The zero-order chi connectivity index (χ0) is 20.3. The molecule has 1 N–H and O–H groups in total. The Labute approximate surface area is 160 Å². The summed E-state index contributed by atoms with van der Waals surface area (Å²) in [4.78, 5) is 42.1. The van der Waals surface area contributed by atoms with E-state index in [4.69, 9.17) is 9.47 Å². The van der Waals surface area contributed by atoms with Gasteiger partial charge < -0.3 is 14.8 Å². The summed E-state index contributed by atoms with van der Waals surface area (Å²) in [7, 11) is 3.01. The molecule has 3 rings (SSSR count). The maximum atomic E-state index is 12.9. The monoisotopic (exact) mass is 384 g/mol. The molecule has 9 nitrogen and oxygen atoms in total. The van der Waals surface area contributed by atoms with Gasteiger partial charge in [0.05, 0.1) is 13.7 Å².